The number of aromatic nitrogens is 1. The third kappa shape index (κ3) is 2.86. The van der Waals surface area contributed by atoms with Crippen molar-refractivity contribution in [3.63, 3.8) is 0 Å². The lowest BCUT2D eigenvalue weighted by Gasteiger charge is -2.06. The molecule has 0 aliphatic rings. The highest BCUT2D eigenvalue weighted by Crippen LogP contribution is 2.21. The molecule has 0 N–H and O–H groups in total. The molecule has 1 aromatic carbocycles. The van der Waals surface area contributed by atoms with Gasteiger partial charge >= 0.3 is 0 Å². The van der Waals surface area contributed by atoms with Gasteiger partial charge in [0.1, 0.15) is 5.75 Å². The Labute approximate surface area is 107 Å². The van der Waals surface area contributed by atoms with Gasteiger partial charge in [-0.1, -0.05) is 19.1 Å². The van der Waals surface area contributed by atoms with Crippen molar-refractivity contribution in [1.82, 2.24) is 4.98 Å². The second-order valence-electron chi connectivity index (χ2n) is 4.05. The highest BCUT2D eigenvalue weighted by atomic mass is 16.5. The lowest BCUT2D eigenvalue weighted by molar-refractivity contribution is 0.461. The molecule has 0 aliphatic heterocycles. The predicted molar refractivity (Wildman–Crippen MR) is 69.6 cm³/mol. The van der Waals surface area contributed by atoms with Crippen molar-refractivity contribution in [3.8, 4) is 17.7 Å². The number of pyridine rings is 1. The Kier molecular flexibility index (Phi) is 3.59. The molecule has 0 amide bonds. The van der Waals surface area contributed by atoms with Crippen LogP contribution in [0.15, 0.2) is 36.4 Å². The van der Waals surface area contributed by atoms with Gasteiger partial charge in [-0.15, -0.1) is 0 Å². The number of hydrogen-bond acceptors (Lipinski definition) is 3. The van der Waals surface area contributed by atoms with Crippen LogP contribution >= 0.6 is 0 Å². The summed E-state index contributed by atoms with van der Waals surface area (Å²) in [6, 6.07) is 13.3. The van der Waals surface area contributed by atoms with E-state index in [-0.39, 0.29) is 0 Å². The van der Waals surface area contributed by atoms with Crippen LogP contribution < -0.4 is 4.74 Å². The maximum Gasteiger partial charge on any atom is 0.220 e. The van der Waals surface area contributed by atoms with Crippen molar-refractivity contribution in [2.75, 3.05) is 0 Å². The average molecular weight is 238 g/mol. The minimum absolute atomic E-state index is 0.454. The van der Waals surface area contributed by atoms with Crippen LogP contribution in [0.1, 0.15) is 23.7 Å². The molecule has 0 aliphatic carbocycles. The highest BCUT2D eigenvalue weighted by molar-refractivity contribution is 5.37. The summed E-state index contributed by atoms with van der Waals surface area (Å²) in [5, 5.41) is 8.89. The Morgan fingerprint density at radius 2 is 1.94 bits per heavy atom. The van der Waals surface area contributed by atoms with Crippen LogP contribution in [0.4, 0.5) is 0 Å². The first kappa shape index (κ1) is 12.1. The molecule has 0 spiro atoms. The van der Waals surface area contributed by atoms with Gasteiger partial charge in [-0.05, 0) is 37.1 Å². The molecular formula is C15H14N2O. The van der Waals surface area contributed by atoms with Gasteiger partial charge in [-0.25, -0.2) is 4.98 Å². The van der Waals surface area contributed by atoms with Gasteiger partial charge in [0.2, 0.25) is 5.88 Å². The van der Waals surface area contributed by atoms with E-state index in [0.717, 1.165) is 17.9 Å². The second kappa shape index (κ2) is 5.33. The number of rotatable bonds is 3. The largest absolute Gasteiger partial charge is 0.439 e. The predicted octanol–water partition coefficient (Wildman–Crippen LogP) is 3.62. The van der Waals surface area contributed by atoms with Crippen LogP contribution in [-0.2, 0) is 6.42 Å². The number of benzene rings is 1. The van der Waals surface area contributed by atoms with Crippen LogP contribution in [0.5, 0.6) is 11.6 Å². The molecule has 0 fully saturated rings. The first-order chi connectivity index (χ1) is 8.71. The van der Waals surface area contributed by atoms with Crippen molar-refractivity contribution < 1.29 is 4.74 Å². The molecule has 3 nitrogen and oxygen atoms in total. The third-order valence-electron chi connectivity index (χ3n) is 2.61. The lowest BCUT2D eigenvalue weighted by atomic mass is 10.2. The third-order valence-corrected chi connectivity index (χ3v) is 2.61. The van der Waals surface area contributed by atoms with Gasteiger partial charge in [0.25, 0.3) is 0 Å². The molecule has 3 heteroatoms. The molecule has 18 heavy (non-hydrogen) atoms. The van der Waals surface area contributed by atoms with E-state index in [0.29, 0.717) is 11.4 Å². The molecule has 90 valence electrons. The summed E-state index contributed by atoms with van der Waals surface area (Å²) in [5.74, 6) is 1.19. The van der Waals surface area contributed by atoms with Crippen molar-refractivity contribution >= 4 is 0 Å². The molecular weight excluding hydrogens is 224 g/mol. The molecule has 0 unspecified atom stereocenters. The average Bonchev–Trinajstić information content (AvgIpc) is 2.39. The van der Waals surface area contributed by atoms with Crippen molar-refractivity contribution in [3.05, 3.63) is 53.2 Å². The fourth-order valence-electron chi connectivity index (χ4n) is 1.67. The number of hydrogen-bond donors (Lipinski definition) is 0. The Morgan fingerprint density at radius 1 is 1.22 bits per heavy atom. The van der Waals surface area contributed by atoms with Crippen molar-refractivity contribution in [1.29, 1.82) is 5.26 Å². The Hall–Kier alpha value is -2.34. The van der Waals surface area contributed by atoms with Crippen molar-refractivity contribution in [2.24, 2.45) is 0 Å². The first-order valence-electron chi connectivity index (χ1n) is 5.87. The van der Waals surface area contributed by atoms with Gasteiger partial charge in [-0.2, -0.15) is 5.26 Å². The molecule has 2 aromatic rings. The number of ether oxygens (including phenoxy) is 1. The standard InChI is InChI=1S/C15H14N2O/c1-3-12-4-6-14(7-5-12)18-15-9-13(10-16)8-11(2)17-15/h4-9H,3H2,1-2H3. The smallest absolute Gasteiger partial charge is 0.220 e. The van der Waals surface area contributed by atoms with Gasteiger partial charge in [0.05, 0.1) is 11.6 Å². The van der Waals surface area contributed by atoms with Gasteiger partial charge in [0, 0.05) is 11.8 Å². The van der Waals surface area contributed by atoms with Crippen LogP contribution in [0.3, 0.4) is 0 Å². The molecule has 0 saturated carbocycles. The van der Waals surface area contributed by atoms with Crippen LogP contribution in [0, 0.1) is 18.3 Å². The fourth-order valence-corrected chi connectivity index (χ4v) is 1.67. The van der Waals surface area contributed by atoms with Crippen LogP contribution in [0.25, 0.3) is 0 Å². The van der Waals surface area contributed by atoms with E-state index in [1.54, 1.807) is 12.1 Å². The quantitative estimate of drug-likeness (QED) is 0.820. The second-order valence-corrected chi connectivity index (χ2v) is 4.05. The zero-order valence-electron chi connectivity index (χ0n) is 10.5. The molecule has 2 rings (SSSR count). The van der Waals surface area contributed by atoms with Gasteiger partial charge in [-0.3, -0.25) is 0 Å². The van der Waals surface area contributed by atoms with E-state index >= 15 is 0 Å². The summed E-state index contributed by atoms with van der Waals surface area (Å²) >= 11 is 0. The van der Waals surface area contributed by atoms with Gasteiger partial charge in [0.15, 0.2) is 0 Å². The summed E-state index contributed by atoms with van der Waals surface area (Å²) in [7, 11) is 0. The van der Waals surface area contributed by atoms with E-state index in [4.69, 9.17) is 10.00 Å². The number of nitrogens with zero attached hydrogens (tertiary/aromatic N) is 2. The van der Waals surface area contributed by atoms with Crippen LogP contribution in [-0.4, -0.2) is 4.98 Å². The van der Waals surface area contributed by atoms with E-state index in [1.807, 2.05) is 31.2 Å². The molecule has 1 heterocycles. The Morgan fingerprint density at radius 3 is 2.56 bits per heavy atom. The zero-order valence-corrected chi connectivity index (χ0v) is 10.5. The van der Waals surface area contributed by atoms with Crippen LogP contribution in [0.2, 0.25) is 0 Å². The fraction of sp³-hybridized carbons (Fsp3) is 0.200. The first-order valence-corrected chi connectivity index (χ1v) is 5.87. The van der Waals surface area contributed by atoms with Crippen molar-refractivity contribution in [2.45, 2.75) is 20.3 Å². The van der Waals surface area contributed by atoms with E-state index in [1.165, 1.54) is 5.56 Å². The maximum absolute atomic E-state index is 8.89. The lowest BCUT2D eigenvalue weighted by Crippen LogP contribution is -1.92. The highest BCUT2D eigenvalue weighted by Gasteiger charge is 2.02. The Bertz CT molecular complexity index is 582. The normalized spacial score (nSPS) is 9.83. The van der Waals surface area contributed by atoms with E-state index < -0.39 is 0 Å². The zero-order chi connectivity index (χ0) is 13.0. The molecule has 0 atom stereocenters. The molecule has 0 bridgehead atoms. The minimum atomic E-state index is 0.454. The minimum Gasteiger partial charge on any atom is -0.439 e. The maximum atomic E-state index is 8.89. The number of aryl methyl sites for hydroxylation is 2. The summed E-state index contributed by atoms with van der Waals surface area (Å²) in [6.07, 6.45) is 1.00. The summed E-state index contributed by atoms with van der Waals surface area (Å²) in [4.78, 5) is 4.25. The van der Waals surface area contributed by atoms with Gasteiger partial charge < -0.3 is 4.74 Å². The molecule has 0 radical (unpaired) electrons. The summed E-state index contributed by atoms with van der Waals surface area (Å²) in [6.45, 7) is 3.95. The monoisotopic (exact) mass is 238 g/mol. The topological polar surface area (TPSA) is 45.9 Å². The summed E-state index contributed by atoms with van der Waals surface area (Å²) < 4.78 is 5.64. The Balaban J connectivity index is 2.22. The van der Waals surface area contributed by atoms with E-state index in [2.05, 4.69) is 18.0 Å². The van der Waals surface area contributed by atoms with E-state index in [9.17, 15) is 0 Å². The SMILES string of the molecule is CCc1ccc(Oc2cc(C#N)cc(C)n2)cc1. The molecule has 1 aromatic heterocycles. The molecule has 0 saturated heterocycles. The summed E-state index contributed by atoms with van der Waals surface area (Å²) in [5.41, 5.74) is 2.59. The number of nitriles is 1.